The maximum absolute atomic E-state index is 14.1. The van der Waals surface area contributed by atoms with E-state index in [1.165, 1.54) is 13.2 Å². The van der Waals surface area contributed by atoms with Gasteiger partial charge in [0.05, 0.1) is 36.2 Å². The number of aromatic nitrogens is 4. The summed E-state index contributed by atoms with van der Waals surface area (Å²) in [5.74, 6) is -0.914. The predicted octanol–water partition coefficient (Wildman–Crippen LogP) is 1.88. The second-order valence-corrected chi connectivity index (χ2v) is 8.06. The summed E-state index contributed by atoms with van der Waals surface area (Å²) in [6.07, 6.45) is 3.42. The molecule has 0 radical (unpaired) electrons. The van der Waals surface area contributed by atoms with Gasteiger partial charge in [-0.05, 0) is 44.7 Å². The number of ether oxygens (including phenoxy) is 2. The summed E-state index contributed by atoms with van der Waals surface area (Å²) in [4.78, 5) is 37.3. The third-order valence-electron chi connectivity index (χ3n) is 5.87. The highest BCUT2D eigenvalue weighted by Gasteiger charge is 2.28. The van der Waals surface area contributed by atoms with Gasteiger partial charge in [-0.15, -0.1) is 0 Å². The molecule has 1 saturated carbocycles. The fraction of sp³-hybridized carbons (Fsp3) is 0.409. The Kier molecular flexibility index (Phi) is 6.23. The molecule has 4 rings (SSSR count). The summed E-state index contributed by atoms with van der Waals surface area (Å²) in [6.45, 7) is 1.64. The fourth-order valence-electron chi connectivity index (χ4n) is 4.36. The summed E-state index contributed by atoms with van der Waals surface area (Å²) >= 11 is 0. The Morgan fingerprint density at radius 1 is 1.21 bits per heavy atom. The van der Waals surface area contributed by atoms with E-state index in [1.807, 2.05) is 0 Å². The van der Waals surface area contributed by atoms with E-state index in [1.54, 1.807) is 17.6 Å². The Morgan fingerprint density at radius 2 is 1.94 bits per heavy atom. The summed E-state index contributed by atoms with van der Waals surface area (Å²) in [7, 11) is 1.41. The van der Waals surface area contributed by atoms with Gasteiger partial charge in [-0.3, -0.25) is 14.2 Å². The molecule has 0 spiro atoms. The highest BCUT2D eigenvalue weighted by atomic mass is 19.1. The number of anilines is 1. The van der Waals surface area contributed by atoms with Crippen molar-refractivity contribution in [1.29, 1.82) is 0 Å². The molecule has 33 heavy (non-hydrogen) atoms. The zero-order valence-corrected chi connectivity index (χ0v) is 18.4. The van der Waals surface area contributed by atoms with E-state index >= 15 is 0 Å². The van der Waals surface area contributed by atoms with Gasteiger partial charge in [-0.2, -0.15) is 4.98 Å². The average Bonchev–Trinajstić information content (AvgIpc) is 2.78. The molecule has 174 valence electrons. The number of nitrogens with zero attached hydrogens (tertiary/aromatic N) is 4. The van der Waals surface area contributed by atoms with Crippen molar-refractivity contribution in [2.45, 2.75) is 44.8 Å². The van der Waals surface area contributed by atoms with Crippen LogP contribution >= 0.6 is 0 Å². The predicted molar refractivity (Wildman–Crippen MR) is 119 cm³/mol. The number of carbonyl (C=O) groups is 1. The quantitative estimate of drug-likeness (QED) is 0.571. The second-order valence-electron chi connectivity index (χ2n) is 8.06. The van der Waals surface area contributed by atoms with Gasteiger partial charge in [-0.1, -0.05) is 0 Å². The largest absolute Gasteiger partial charge is 0.481 e. The first-order valence-electron chi connectivity index (χ1n) is 10.6. The lowest BCUT2D eigenvalue weighted by Crippen LogP contribution is -2.33. The monoisotopic (exact) mass is 456 g/mol. The van der Waals surface area contributed by atoms with Gasteiger partial charge in [-0.25, -0.2) is 14.4 Å². The smallest absolute Gasteiger partial charge is 0.260 e. The number of fused-ring (bicyclic) bond motifs is 1. The molecule has 0 aromatic carbocycles. The van der Waals surface area contributed by atoms with Crippen molar-refractivity contribution >= 4 is 22.9 Å². The van der Waals surface area contributed by atoms with E-state index in [4.69, 9.17) is 20.9 Å². The van der Waals surface area contributed by atoms with Crippen LogP contribution in [0.2, 0.25) is 0 Å². The number of rotatable bonds is 6. The molecule has 1 amide bonds. The number of hydrogen-bond acceptors (Lipinski definition) is 8. The Bertz CT molecular complexity index is 1270. The van der Waals surface area contributed by atoms with Crippen molar-refractivity contribution in [1.82, 2.24) is 19.5 Å². The van der Waals surface area contributed by atoms with E-state index in [0.717, 1.165) is 6.20 Å². The molecule has 0 saturated heterocycles. The number of aryl methyl sites for hydroxylation is 1. The van der Waals surface area contributed by atoms with Crippen molar-refractivity contribution in [2.75, 3.05) is 19.5 Å². The Labute approximate surface area is 188 Å². The SMILES string of the molecule is COc1ncc(F)cc1-c1cc2c(C)nc(N)nc2n(C2CCC(OCC(N)=O)CC2)c1=O. The van der Waals surface area contributed by atoms with Crippen LogP contribution in [0.4, 0.5) is 10.3 Å². The molecule has 1 aliphatic carbocycles. The molecule has 0 bridgehead atoms. The standard InChI is InChI=1S/C22H25FN6O4/c1-11-15-8-17(16-7-12(23)9-26-20(16)32-2)21(31)29(19(15)28-22(25)27-11)13-3-5-14(6-4-13)33-10-18(24)30/h7-9,13-14H,3-6,10H2,1-2H3,(H2,24,30)(H2,25,27,28). The number of amides is 1. The third-order valence-corrected chi connectivity index (χ3v) is 5.87. The number of hydrogen-bond donors (Lipinski definition) is 2. The summed E-state index contributed by atoms with van der Waals surface area (Å²) in [5, 5.41) is 0.622. The lowest BCUT2D eigenvalue weighted by molar-refractivity contribution is -0.125. The van der Waals surface area contributed by atoms with E-state index in [2.05, 4.69) is 15.0 Å². The van der Waals surface area contributed by atoms with E-state index in [-0.39, 0.29) is 47.3 Å². The molecule has 3 aromatic rings. The fourth-order valence-corrected chi connectivity index (χ4v) is 4.36. The zero-order valence-electron chi connectivity index (χ0n) is 18.4. The number of pyridine rings is 2. The van der Waals surface area contributed by atoms with E-state index in [9.17, 15) is 14.0 Å². The second kappa shape index (κ2) is 9.10. The van der Waals surface area contributed by atoms with E-state index in [0.29, 0.717) is 42.4 Å². The summed E-state index contributed by atoms with van der Waals surface area (Å²) < 4.78 is 26.5. The number of nitrogens with two attached hydrogens (primary N) is 2. The number of primary amides is 1. The maximum Gasteiger partial charge on any atom is 0.260 e. The van der Waals surface area contributed by atoms with Gasteiger partial charge in [0.1, 0.15) is 18.1 Å². The van der Waals surface area contributed by atoms with Crippen molar-refractivity contribution in [3.8, 4) is 17.0 Å². The molecule has 4 N–H and O–H groups in total. The molecule has 3 aromatic heterocycles. The molecule has 1 fully saturated rings. The molecular weight excluding hydrogens is 431 g/mol. The maximum atomic E-state index is 14.1. The minimum Gasteiger partial charge on any atom is -0.481 e. The first-order chi connectivity index (χ1) is 15.8. The molecule has 1 aliphatic rings. The van der Waals surface area contributed by atoms with Crippen LogP contribution in [0.1, 0.15) is 37.4 Å². The van der Waals surface area contributed by atoms with Crippen molar-refractivity contribution in [3.05, 3.63) is 40.2 Å². The normalized spacial score (nSPS) is 18.4. The van der Waals surface area contributed by atoms with Gasteiger partial charge in [0.2, 0.25) is 17.7 Å². The molecule has 11 heteroatoms. The minimum atomic E-state index is -0.589. The van der Waals surface area contributed by atoms with Gasteiger partial charge < -0.3 is 20.9 Å². The lowest BCUT2D eigenvalue weighted by Gasteiger charge is -2.30. The topological polar surface area (TPSA) is 148 Å². The number of methoxy groups -OCH3 is 1. The minimum absolute atomic E-state index is 0.0596. The summed E-state index contributed by atoms with van der Waals surface area (Å²) in [5.41, 5.74) is 12.2. The molecular formula is C22H25FN6O4. The van der Waals surface area contributed by atoms with Crippen LogP contribution in [0.3, 0.4) is 0 Å². The van der Waals surface area contributed by atoms with Crippen LogP contribution in [-0.2, 0) is 9.53 Å². The molecule has 0 atom stereocenters. The van der Waals surface area contributed by atoms with Crippen LogP contribution in [0.25, 0.3) is 22.2 Å². The molecule has 0 unspecified atom stereocenters. The number of halogens is 1. The molecule has 0 aliphatic heterocycles. The Hall–Kier alpha value is -3.60. The first kappa shape index (κ1) is 22.6. The van der Waals surface area contributed by atoms with Crippen LogP contribution < -0.4 is 21.8 Å². The van der Waals surface area contributed by atoms with Crippen molar-refractivity contribution < 1.29 is 18.7 Å². The highest BCUT2D eigenvalue weighted by molar-refractivity contribution is 5.85. The van der Waals surface area contributed by atoms with Crippen LogP contribution in [0, 0.1) is 12.7 Å². The van der Waals surface area contributed by atoms with Crippen molar-refractivity contribution in [3.63, 3.8) is 0 Å². The number of carbonyl (C=O) groups excluding carboxylic acids is 1. The zero-order chi connectivity index (χ0) is 23.7. The van der Waals surface area contributed by atoms with Gasteiger partial charge in [0, 0.05) is 11.4 Å². The number of nitrogen functional groups attached to an aromatic ring is 1. The van der Waals surface area contributed by atoms with Crippen LogP contribution in [-0.4, -0.2) is 45.2 Å². The van der Waals surface area contributed by atoms with Crippen molar-refractivity contribution in [2.24, 2.45) is 5.73 Å². The lowest BCUT2D eigenvalue weighted by atomic mass is 9.92. The third kappa shape index (κ3) is 4.49. The van der Waals surface area contributed by atoms with Crippen LogP contribution in [0.15, 0.2) is 23.1 Å². The van der Waals surface area contributed by atoms with Gasteiger partial charge >= 0.3 is 0 Å². The summed E-state index contributed by atoms with van der Waals surface area (Å²) in [6, 6.07) is 2.65. The van der Waals surface area contributed by atoms with Gasteiger partial charge in [0.15, 0.2) is 0 Å². The van der Waals surface area contributed by atoms with Crippen LogP contribution in [0.5, 0.6) is 5.88 Å². The average molecular weight is 456 g/mol. The first-order valence-corrected chi connectivity index (χ1v) is 10.6. The Morgan fingerprint density at radius 3 is 2.61 bits per heavy atom. The van der Waals surface area contributed by atoms with E-state index < -0.39 is 11.7 Å². The highest BCUT2D eigenvalue weighted by Crippen LogP contribution is 2.34. The molecule has 10 nitrogen and oxygen atoms in total. The Balaban J connectivity index is 1.84. The molecule has 3 heterocycles. The van der Waals surface area contributed by atoms with Gasteiger partial charge in [0.25, 0.3) is 5.56 Å².